The Morgan fingerprint density at radius 2 is 1.78 bits per heavy atom. The van der Waals surface area contributed by atoms with Crippen molar-refractivity contribution in [1.82, 2.24) is 5.32 Å². The molecule has 0 spiro atoms. The molecule has 1 aliphatic heterocycles. The quantitative estimate of drug-likeness (QED) is 0.729. The van der Waals surface area contributed by atoms with E-state index < -0.39 is 5.92 Å². The number of carbonyl (C=O) groups excluding carboxylic acids is 1. The van der Waals surface area contributed by atoms with Crippen molar-refractivity contribution in [2.75, 3.05) is 0 Å². The number of allylic oxidation sites excluding steroid dienone is 3. The summed E-state index contributed by atoms with van der Waals surface area (Å²) in [6, 6.07) is 20.3. The van der Waals surface area contributed by atoms with Gasteiger partial charge in [0, 0.05) is 33.8 Å². The first-order valence-electron chi connectivity index (χ1n) is 9.01. The highest BCUT2D eigenvalue weighted by Crippen LogP contribution is 2.47. The number of rotatable bonds is 2. The maximum atomic E-state index is 13.2. The smallest absolute Gasteiger partial charge is 0.161 e. The Balaban J connectivity index is 1.82. The molecule has 2 aromatic carbocycles. The molecular weight excluding hydrogens is 400 g/mol. The second-order valence-corrected chi connectivity index (χ2v) is 7.94. The van der Waals surface area contributed by atoms with Gasteiger partial charge in [0.1, 0.15) is 0 Å². The molecule has 27 heavy (non-hydrogen) atoms. The number of carbonyl (C=O) groups is 1. The Morgan fingerprint density at radius 1 is 1.07 bits per heavy atom. The SMILES string of the molecule is C=C1NC2=C(C(=O)CC(c3ccccc3)C2)C(c2ccccc2Br)C1C#N. The lowest BCUT2D eigenvalue weighted by molar-refractivity contribution is -0.116. The van der Waals surface area contributed by atoms with E-state index >= 15 is 0 Å². The van der Waals surface area contributed by atoms with Crippen LogP contribution in [0.2, 0.25) is 0 Å². The molecule has 0 saturated heterocycles. The fourth-order valence-corrected chi connectivity index (χ4v) is 4.76. The molecule has 0 fully saturated rings. The van der Waals surface area contributed by atoms with E-state index in [2.05, 4.69) is 46.0 Å². The lowest BCUT2D eigenvalue weighted by Gasteiger charge is -2.39. The lowest BCUT2D eigenvalue weighted by Crippen LogP contribution is -2.38. The Labute approximate surface area is 167 Å². The first-order chi connectivity index (χ1) is 13.1. The fourth-order valence-electron chi connectivity index (χ4n) is 4.23. The largest absolute Gasteiger partial charge is 0.361 e. The zero-order valence-corrected chi connectivity index (χ0v) is 16.4. The summed E-state index contributed by atoms with van der Waals surface area (Å²) in [5.41, 5.74) is 4.46. The minimum Gasteiger partial charge on any atom is -0.361 e. The van der Waals surface area contributed by atoms with E-state index in [0.717, 1.165) is 27.7 Å². The average molecular weight is 419 g/mol. The van der Waals surface area contributed by atoms with Gasteiger partial charge in [-0.25, -0.2) is 0 Å². The summed E-state index contributed by atoms with van der Waals surface area (Å²) >= 11 is 3.60. The number of hydrogen-bond acceptors (Lipinski definition) is 3. The highest BCUT2D eigenvalue weighted by molar-refractivity contribution is 9.10. The molecule has 3 unspecified atom stereocenters. The van der Waals surface area contributed by atoms with Gasteiger partial charge in [-0.15, -0.1) is 0 Å². The normalized spacial score (nSPS) is 24.8. The number of ketones is 1. The zero-order chi connectivity index (χ0) is 19.0. The van der Waals surface area contributed by atoms with Crippen LogP contribution in [-0.4, -0.2) is 5.78 Å². The minimum atomic E-state index is -0.473. The first-order valence-corrected chi connectivity index (χ1v) is 9.80. The summed E-state index contributed by atoms with van der Waals surface area (Å²) in [5, 5.41) is 13.1. The third-order valence-electron chi connectivity index (χ3n) is 5.49. The zero-order valence-electron chi connectivity index (χ0n) is 14.8. The molecule has 3 atom stereocenters. The fraction of sp³-hybridized carbons (Fsp3) is 0.217. The molecular formula is C23H19BrN2O. The van der Waals surface area contributed by atoms with Gasteiger partial charge >= 0.3 is 0 Å². The van der Waals surface area contributed by atoms with Crippen LogP contribution < -0.4 is 5.32 Å². The molecule has 0 amide bonds. The van der Waals surface area contributed by atoms with Gasteiger partial charge in [-0.3, -0.25) is 4.79 Å². The van der Waals surface area contributed by atoms with Gasteiger partial charge in [0.2, 0.25) is 0 Å². The van der Waals surface area contributed by atoms with Gasteiger partial charge in [-0.1, -0.05) is 71.0 Å². The van der Waals surface area contributed by atoms with Gasteiger partial charge in [0.05, 0.1) is 12.0 Å². The Bertz CT molecular complexity index is 987. The van der Waals surface area contributed by atoms with Crippen molar-refractivity contribution < 1.29 is 4.79 Å². The highest BCUT2D eigenvalue weighted by atomic mass is 79.9. The molecule has 2 aliphatic rings. The number of Topliss-reactive ketones (excluding diaryl/α,β-unsaturated/α-hetero) is 1. The molecule has 3 nitrogen and oxygen atoms in total. The second kappa shape index (κ2) is 7.17. The van der Waals surface area contributed by atoms with E-state index in [4.69, 9.17) is 0 Å². The topological polar surface area (TPSA) is 52.9 Å². The number of benzene rings is 2. The molecule has 0 aromatic heterocycles. The molecule has 4 heteroatoms. The first kappa shape index (κ1) is 17.8. The van der Waals surface area contributed by atoms with Crippen LogP contribution in [0.15, 0.2) is 82.6 Å². The standard InChI is InChI=1S/C23H19BrN2O/c1-14-18(13-25)22(17-9-5-6-10-19(17)24)23-20(26-14)11-16(12-21(23)27)15-7-3-2-4-8-15/h2-10,16,18,22,26H,1,11-12H2. The summed E-state index contributed by atoms with van der Waals surface area (Å²) in [7, 11) is 0. The van der Waals surface area contributed by atoms with Crippen molar-refractivity contribution in [3.05, 3.63) is 93.7 Å². The van der Waals surface area contributed by atoms with Gasteiger partial charge in [-0.2, -0.15) is 5.26 Å². The van der Waals surface area contributed by atoms with E-state index in [1.807, 2.05) is 42.5 Å². The van der Waals surface area contributed by atoms with Gasteiger partial charge in [0.15, 0.2) is 5.78 Å². The molecule has 1 N–H and O–H groups in total. The van der Waals surface area contributed by atoms with Crippen molar-refractivity contribution in [2.24, 2.45) is 5.92 Å². The summed E-state index contributed by atoms with van der Waals surface area (Å²) in [6.45, 7) is 4.09. The van der Waals surface area contributed by atoms with Crippen LogP contribution in [0.4, 0.5) is 0 Å². The third-order valence-corrected chi connectivity index (χ3v) is 6.21. The van der Waals surface area contributed by atoms with Crippen LogP contribution in [0.3, 0.4) is 0 Å². The van der Waals surface area contributed by atoms with Gasteiger partial charge in [-0.05, 0) is 29.5 Å². The van der Waals surface area contributed by atoms with E-state index in [1.54, 1.807) is 0 Å². The van der Waals surface area contributed by atoms with Gasteiger partial charge in [0.25, 0.3) is 0 Å². The van der Waals surface area contributed by atoms with E-state index in [1.165, 1.54) is 5.56 Å². The highest BCUT2D eigenvalue weighted by Gasteiger charge is 2.42. The molecule has 0 bridgehead atoms. The number of hydrogen-bond donors (Lipinski definition) is 1. The molecule has 0 saturated carbocycles. The van der Waals surface area contributed by atoms with Crippen LogP contribution in [0, 0.1) is 17.2 Å². The Kier molecular flexibility index (Phi) is 4.72. The minimum absolute atomic E-state index is 0.117. The maximum absolute atomic E-state index is 13.2. The predicted octanol–water partition coefficient (Wildman–Crippen LogP) is 5.19. The third kappa shape index (κ3) is 3.13. The summed E-state index contributed by atoms with van der Waals surface area (Å²) < 4.78 is 0.912. The number of nitrogens with zero attached hydrogens (tertiary/aromatic N) is 1. The number of nitriles is 1. The summed E-state index contributed by atoms with van der Waals surface area (Å²) in [5.74, 6) is -0.499. The number of nitrogens with one attached hydrogen (secondary N) is 1. The van der Waals surface area contributed by atoms with E-state index in [9.17, 15) is 10.1 Å². The summed E-state index contributed by atoms with van der Waals surface area (Å²) in [6.07, 6.45) is 1.22. The maximum Gasteiger partial charge on any atom is 0.161 e. The van der Waals surface area contributed by atoms with Crippen molar-refractivity contribution in [3.8, 4) is 6.07 Å². The molecule has 1 heterocycles. The molecule has 1 aliphatic carbocycles. The molecule has 0 radical (unpaired) electrons. The Hall–Kier alpha value is -2.64. The monoisotopic (exact) mass is 418 g/mol. The van der Waals surface area contributed by atoms with Crippen LogP contribution in [-0.2, 0) is 4.79 Å². The molecule has 4 rings (SSSR count). The lowest BCUT2D eigenvalue weighted by atomic mass is 9.69. The van der Waals surface area contributed by atoms with Crippen LogP contribution in [0.5, 0.6) is 0 Å². The van der Waals surface area contributed by atoms with Crippen LogP contribution in [0.1, 0.15) is 35.8 Å². The van der Waals surface area contributed by atoms with Crippen molar-refractivity contribution in [3.63, 3.8) is 0 Å². The van der Waals surface area contributed by atoms with E-state index in [-0.39, 0.29) is 17.6 Å². The molecule has 134 valence electrons. The van der Waals surface area contributed by atoms with Crippen molar-refractivity contribution >= 4 is 21.7 Å². The summed E-state index contributed by atoms with van der Waals surface area (Å²) in [4.78, 5) is 13.2. The predicted molar refractivity (Wildman–Crippen MR) is 109 cm³/mol. The average Bonchev–Trinajstić information content (AvgIpc) is 2.68. The van der Waals surface area contributed by atoms with Gasteiger partial charge < -0.3 is 5.32 Å². The number of halogens is 1. The van der Waals surface area contributed by atoms with Crippen LogP contribution in [0.25, 0.3) is 0 Å². The Morgan fingerprint density at radius 3 is 2.48 bits per heavy atom. The second-order valence-electron chi connectivity index (χ2n) is 7.09. The van der Waals surface area contributed by atoms with Crippen molar-refractivity contribution in [2.45, 2.75) is 24.7 Å². The van der Waals surface area contributed by atoms with E-state index in [0.29, 0.717) is 12.1 Å². The molecule has 2 aromatic rings. The van der Waals surface area contributed by atoms with Crippen molar-refractivity contribution in [1.29, 1.82) is 5.26 Å². The van der Waals surface area contributed by atoms with Crippen LogP contribution >= 0.6 is 15.9 Å².